The maximum absolute atomic E-state index is 12.8. The molecule has 2 aromatic rings. The molecule has 22 heavy (non-hydrogen) atoms. The number of amides is 1. The smallest absolute Gasteiger partial charge is 0.341 e. The standard InChI is InChI=1S/C16H14FNO4/c1-2-22-16(21)13-9-12(7-8-14(13)19)18-15(20)10-3-5-11(17)6-4-10/h3-9,19H,2H2,1H3,(H,18,20). The number of carbonyl (C=O) groups is 2. The zero-order valence-electron chi connectivity index (χ0n) is 11.8. The van der Waals surface area contributed by atoms with Crippen LogP contribution in [0.3, 0.4) is 0 Å². The van der Waals surface area contributed by atoms with Gasteiger partial charge < -0.3 is 15.2 Å². The topological polar surface area (TPSA) is 75.6 Å². The van der Waals surface area contributed by atoms with Gasteiger partial charge >= 0.3 is 5.97 Å². The number of rotatable bonds is 4. The molecule has 0 heterocycles. The Morgan fingerprint density at radius 3 is 2.50 bits per heavy atom. The third kappa shape index (κ3) is 3.60. The Balaban J connectivity index is 2.19. The Morgan fingerprint density at radius 2 is 1.86 bits per heavy atom. The highest BCUT2D eigenvalue weighted by Gasteiger charge is 2.14. The normalized spacial score (nSPS) is 10.1. The number of esters is 1. The molecular formula is C16H14FNO4. The number of phenolic OH excluding ortho intramolecular Hbond substituents is 1. The monoisotopic (exact) mass is 303 g/mol. The molecule has 0 aromatic heterocycles. The van der Waals surface area contributed by atoms with Crippen molar-refractivity contribution in [1.82, 2.24) is 0 Å². The minimum absolute atomic E-state index is 0.0428. The maximum Gasteiger partial charge on any atom is 0.341 e. The van der Waals surface area contributed by atoms with Crippen LogP contribution < -0.4 is 5.32 Å². The van der Waals surface area contributed by atoms with Crippen molar-refractivity contribution in [3.8, 4) is 5.75 Å². The summed E-state index contributed by atoms with van der Waals surface area (Å²) in [6, 6.07) is 9.08. The fourth-order valence-electron chi connectivity index (χ4n) is 1.79. The van der Waals surface area contributed by atoms with Crippen LogP contribution in [-0.4, -0.2) is 23.6 Å². The van der Waals surface area contributed by atoms with E-state index in [0.717, 1.165) is 0 Å². The van der Waals surface area contributed by atoms with Gasteiger partial charge in [-0.15, -0.1) is 0 Å². The number of nitrogens with one attached hydrogen (secondary N) is 1. The van der Waals surface area contributed by atoms with E-state index in [-0.39, 0.29) is 23.5 Å². The van der Waals surface area contributed by atoms with Crippen LogP contribution in [0.25, 0.3) is 0 Å². The average Bonchev–Trinajstić information content (AvgIpc) is 2.50. The minimum Gasteiger partial charge on any atom is -0.507 e. The Bertz CT molecular complexity index is 698. The van der Waals surface area contributed by atoms with E-state index >= 15 is 0 Å². The van der Waals surface area contributed by atoms with Gasteiger partial charge in [-0.2, -0.15) is 0 Å². The number of anilines is 1. The van der Waals surface area contributed by atoms with Crippen LogP contribution in [0.4, 0.5) is 10.1 Å². The molecule has 0 bridgehead atoms. The van der Waals surface area contributed by atoms with E-state index in [0.29, 0.717) is 5.69 Å². The van der Waals surface area contributed by atoms with E-state index in [9.17, 15) is 19.1 Å². The number of aromatic hydroxyl groups is 1. The highest BCUT2D eigenvalue weighted by molar-refractivity contribution is 6.05. The van der Waals surface area contributed by atoms with Crippen LogP contribution in [0.2, 0.25) is 0 Å². The molecule has 0 aliphatic carbocycles. The van der Waals surface area contributed by atoms with Crippen LogP contribution in [0.1, 0.15) is 27.6 Å². The van der Waals surface area contributed by atoms with Crippen molar-refractivity contribution in [3.63, 3.8) is 0 Å². The van der Waals surface area contributed by atoms with E-state index in [1.807, 2.05) is 0 Å². The Kier molecular flexibility index (Phi) is 4.73. The third-order valence-corrected chi connectivity index (χ3v) is 2.86. The predicted molar refractivity (Wildman–Crippen MR) is 78.4 cm³/mol. The second kappa shape index (κ2) is 6.71. The molecule has 0 saturated carbocycles. The highest BCUT2D eigenvalue weighted by Crippen LogP contribution is 2.23. The zero-order chi connectivity index (χ0) is 16.1. The summed E-state index contributed by atoms with van der Waals surface area (Å²) in [5.74, 6) is -1.82. The molecule has 2 rings (SSSR count). The average molecular weight is 303 g/mol. The zero-order valence-corrected chi connectivity index (χ0v) is 11.8. The van der Waals surface area contributed by atoms with Crippen molar-refractivity contribution in [2.45, 2.75) is 6.92 Å². The van der Waals surface area contributed by atoms with Gasteiger partial charge in [0.05, 0.1) is 6.61 Å². The van der Waals surface area contributed by atoms with Crippen molar-refractivity contribution in [1.29, 1.82) is 0 Å². The summed E-state index contributed by atoms with van der Waals surface area (Å²) in [7, 11) is 0. The Hall–Kier alpha value is -2.89. The Morgan fingerprint density at radius 1 is 1.18 bits per heavy atom. The number of ether oxygens (including phenoxy) is 1. The van der Waals surface area contributed by atoms with E-state index in [1.54, 1.807) is 6.92 Å². The quantitative estimate of drug-likeness (QED) is 0.672. The molecule has 2 aromatic carbocycles. The summed E-state index contributed by atoms with van der Waals surface area (Å²) in [5, 5.41) is 12.2. The van der Waals surface area contributed by atoms with Crippen LogP contribution in [-0.2, 0) is 4.74 Å². The van der Waals surface area contributed by atoms with E-state index < -0.39 is 17.7 Å². The second-order valence-electron chi connectivity index (χ2n) is 4.41. The van der Waals surface area contributed by atoms with Gasteiger partial charge in [0, 0.05) is 11.3 Å². The molecule has 0 aliphatic heterocycles. The van der Waals surface area contributed by atoms with Gasteiger partial charge in [-0.05, 0) is 49.4 Å². The number of hydrogen-bond donors (Lipinski definition) is 2. The van der Waals surface area contributed by atoms with Gasteiger partial charge in [0.2, 0.25) is 0 Å². The van der Waals surface area contributed by atoms with Crippen molar-refractivity contribution in [2.24, 2.45) is 0 Å². The molecule has 114 valence electrons. The van der Waals surface area contributed by atoms with E-state index in [4.69, 9.17) is 4.74 Å². The maximum atomic E-state index is 12.8. The lowest BCUT2D eigenvalue weighted by Gasteiger charge is -2.09. The van der Waals surface area contributed by atoms with Crippen LogP contribution >= 0.6 is 0 Å². The third-order valence-electron chi connectivity index (χ3n) is 2.86. The second-order valence-corrected chi connectivity index (χ2v) is 4.41. The van der Waals surface area contributed by atoms with Gasteiger partial charge in [0.15, 0.2) is 0 Å². The van der Waals surface area contributed by atoms with Gasteiger partial charge in [-0.1, -0.05) is 0 Å². The van der Waals surface area contributed by atoms with E-state index in [2.05, 4.69) is 5.32 Å². The lowest BCUT2D eigenvalue weighted by atomic mass is 10.1. The van der Waals surface area contributed by atoms with Crippen molar-refractivity contribution in [2.75, 3.05) is 11.9 Å². The fraction of sp³-hybridized carbons (Fsp3) is 0.125. The summed E-state index contributed by atoms with van der Waals surface area (Å²) >= 11 is 0. The first kappa shape index (κ1) is 15.5. The Labute approximate surface area is 126 Å². The molecule has 0 atom stereocenters. The molecule has 5 nitrogen and oxygen atoms in total. The van der Waals surface area contributed by atoms with Crippen molar-refractivity contribution < 1.29 is 23.8 Å². The minimum atomic E-state index is -0.683. The molecule has 0 saturated heterocycles. The number of carbonyl (C=O) groups excluding carboxylic acids is 2. The van der Waals surface area contributed by atoms with Crippen molar-refractivity contribution >= 4 is 17.6 Å². The van der Waals surface area contributed by atoms with Gasteiger partial charge in [-0.3, -0.25) is 4.79 Å². The summed E-state index contributed by atoms with van der Waals surface area (Å²) in [6.45, 7) is 1.82. The fourth-order valence-corrected chi connectivity index (χ4v) is 1.79. The SMILES string of the molecule is CCOC(=O)c1cc(NC(=O)c2ccc(F)cc2)ccc1O. The molecule has 0 spiro atoms. The molecule has 0 radical (unpaired) electrons. The summed E-state index contributed by atoms with van der Waals surface area (Å²) in [5.41, 5.74) is 0.543. The number of hydrogen-bond acceptors (Lipinski definition) is 4. The van der Waals surface area contributed by atoms with Crippen LogP contribution in [0, 0.1) is 5.82 Å². The van der Waals surface area contributed by atoms with Crippen LogP contribution in [0.15, 0.2) is 42.5 Å². The molecule has 1 amide bonds. The first-order valence-electron chi connectivity index (χ1n) is 6.58. The predicted octanol–water partition coefficient (Wildman–Crippen LogP) is 2.96. The van der Waals surface area contributed by atoms with Gasteiger partial charge in [0.25, 0.3) is 5.91 Å². The van der Waals surface area contributed by atoms with E-state index in [1.165, 1.54) is 42.5 Å². The largest absolute Gasteiger partial charge is 0.507 e. The first-order chi connectivity index (χ1) is 10.5. The molecule has 0 aliphatic rings. The molecule has 0 fully saturated rings. The summed E-state index contributed by atoms with van der Waals surface area (Å²) < 4.78 is 17.6. The van der Waals surface area contributed by atoms with Gasteiger partial charge in [-0.25, -0.2) is 9.18 Å². The molecule has 0 unspecified atom stereocenters. The molecule has 6 heteroatoms. The van der Waals surface area contributed by atoms with Gasteiger partial charge in [0.1, 0.15) is 17.1 Å². The lowest BCUT2D eigenvalue weighted by Crippen LogP contribution is -2.13. The number of phenols is 1. The summed E-state index contributed by atoms with van der Waals surface area (Å²) in [4.78, 5) is 23.7. The molecular weight excluding hydrogens is 289 g/mol. The first-order valence-corrected chi connectivity index (χ1v) is 6.58. The lowest BCUT2D eigenvalue weighted by molar-refractivity contribution is 0.0523. The molecule has 2 N–H and O–H groups in total. The summed E-state index contributed by atoms with van der Waals surface area (Å²) in [6.07, 6.45) is 0. The highest BCUT2D eigenvalue weighted by atomic mass is 19.1. The number of benzene rings is 2. The van der Waals surface area contributed by atoms with Crippen LogP contribution in [0.5, 0.6) is 5.75 Å². The van der Waals surface area contributed by atoms with Crippen molar-refractivity contribution in [3.05, 3.63) is 59.4 Å². The number of halogens is 1.